The van der Waals surface area contributed by atoms with E-state index >= 15 is 0 Å². The first kappa shape index (κ1) is 11.7. The maximum absolute atomic E-state index is 12.9. The van der Waals surface area contributed by atoms with Crippen LogP contribution >= 0.6 is 0 Å². The van der Waals surface area contributed by atoms with Crippen molar-refractivity contribution in [3.05, 3.63) is 48.3 Å². The van der Waals surface area contributed by atoms with E-state index < -0.39 is 0 Å². The van der Waals surface area contributed by atoms with Crippen LogP contribution in [0.4, 0.5) is 10.1 Å². The van der Waals surface area contributed by atoms with Gasteiger partial charge in [-0.2, -0.15) is 0 Å². The first-order valence-corrected chi connectivity index (χ1v) is 6.16. The average Bonchev–Trinajstić information content (AvgIpc) is 2.83. The lowest BCUT2D eigenvalue weighted by Gasteiger charge is -2.00. The first-order valence-electron chi connectivity index (χ1n) is 6.16. The third kappa shape index (κ3) is 2.29. The largest absolute Gasteiger partial charge is 0.436 e. The number of anilines is 1. The molecule has 0 aliphatic carbocycles. The molecule has 0 unspecified atom stereocenters. The molecule has 0 atom stereocenters. The second kappa shape index (κ2) is 4.72. The van der Waals surface area contributed by atoms with Crippen LogP contribution in [0.1, 0.15) is 6.92 Å². The lowest BCUT2D eigenvalue weighted by molar-refractivity contribution is 0.616. The van der Waals surface area contributed by atoms with Crippen LogP contribution in [-0.2, 0) is 0 Å². The molecule has 0 bridgehead atoms. The fraction of sp³-hybridized carbons (Fsp3) is 0.133. The normalized spacial score (nSPS) is 10.8. The quantitative estimate of drug-likeness (QED) is 0.767. The van der Waals surface area contributed by atoms with Crippen molar-refractivity contribution in [3.63, 3.8) is 0 Å². The van der Waals surface area contributed by atoms with Gasteiger partial charge in [-0.1, -0.05) is 0 Å². The summed E-state index contributed by atoms with van der Waals surface area (Å²) in [6.45, 7) is 2.89. The number of benzene rings is 2. The highest BCUT2D eigenvalue weighted by molar-refractivity contribution is 5.79. The van der Waals surface area contributed by atoms with Crippen molar-refractivity contribution >= 4 is 16.8 Å². The maximum Gasteiger partial charge on any atom is 0.227 e. The molecular weight excluding hydrogens is 243 g/mol. The van der Waals surface area contributed by atoms with E-state index in [2.05, 4.69) is 10.3 Å². The van der Waals surface area contributed by atoms with Crippen LogP contribution in [0.25, 0.3) is 22.6 Å². The molecule has 3 rings (SSSR count). The zero-order valence-corrected chi connectivity index (χ0v) is 10.5. The fourth-order valence-electron chi connectivity index (χ4n) is 1.95. The van der Waals surface area contributed by atoms with E-state index in [0.29, 0.717) is 5.89 Å². The number of rotatable bonds is 3. The zero-order chi connectivity index (χ0) is 13.2. The van der Waals surface area contributed by atoms with Crippen molar-refractivity contribution < 1.29 is 8.81 Å². The van der Waals surface area contributed by atoms with Crippen LogP contribution in [0.2, 0.25) is 0 Å². The molecule has 0 saturated carbocycles. The van der Waals surface area contributed by atoms with Gasteiger partial charge in [0.15, 0.2) is 5.58 Å². The van der Waals surface area contributed by atoms with Crippen molar-refractivity contribution in [2.75, 3.05) is 11.9 Å². The zero-order valence-electron chi connectivity index (χ0n) is 10.5. The van der Waals surface area contributed by atoms with Crippen molar-refractivity contribution in [2.45, 2.75) is 6.92 Å². The Morgan fingerprint density at radius 3 is 2.68 bits per heavy atom. The molecule has 19 heavy (non-hydrogen) atoms. The van der Waals surface area contributed by atoms with Gasteiger partial charge in [-0.3, -0.25) is 0 Å². The number of fused-ring (bicyclic) bond motifs is 1. The van der Waals surface area contributed by atoms with E-state index in [4.69, 9.17) is 4.42 Å². The standard InChI is InChI=1S/C15H13FN2O/c1-2-17-12-7-8-13-14(9-12)19-15(18-13)10-3-5-11(16)6-4-10/h3-9,17H,2H2,1H3. The maximum atomic E-state index is 12.9. The molecular formula is C15H13FN2O. The Balaban J connectivity index is 2.03. The molecule has 96 valence electrons. The minimum atomic E-state index is -0.269. The molecule has 3 aromatic rings. The number of hydrogen-bond donors (Lipinski definition) is 1. The summed E-state index contributed by atoms with van der Waals surface area (Å²) in [6, 6.07) is 11.9. The Labute approximate surface area is 110 Å². The summed E-state index contributed by atoms with van der Waals surface area (Å²) in [5.41, 5.74) is 3.28. The molecule has 0 spiro atoms. The average molecular weight is 256 g/mol. The van der Waals surface area contributed by atoms with E-state index in [1.165, 1.54) is 12.1 Å². The number of halogens is 1. The van der Waals surface area contributed by atoms with Gasteiger partial charge in [0.25, 0.3) is 0 Å². The monoisotopic (exact) mass is 256 g/mol. The Kier molecular flexibility index (Phi) is 2.91. The molecule has 1 heterocycles. The summed E-state index contributed by atoms with van der Waals surface area (Å²) in [5, 5.41) is 3.22. The molecule has 0 radical (unpaired) electrons. The van der Waals surface area contributed by atoms with Crippen LogP contribution < -0.4 is 5.32 Å². The van der Waals surface area contributed by atoms with E-state index in [9.17, 15) is 4.39 Å². The molecule has 2 aromatic carbocycles. The van der Waals surface area contributed by atoms with Crippen LogP contribution in [-0.4, -0.2) is 11.5 Å². The van der Waals surface area contributed by atoms with Gasteiger partial charge in [-0.15, -0.1) is 0 Å². The highest BCUT2D eigenvalue weighted by Gasteiger charge is 2.08. The molecule has 1 N–H and O–H groups in total. The van der Waals surface area contributed by atoms with Crippen LogP contribution in [0.5, 0.6) is 0 Å². The van der Waals surface area contributed by atoms with Gasteiger partial charge >= 0.3 is 0 Å². The Bertz CT molecular complexity index is 704. The summed E-state index contributed by atoms with van der Waals surface area (Å²) in [5.74, 6) is 0.234. The van der Waals surface area contributed by atoms with Crippen molar-refractivity contribution in [3.8, 4) is 11.5 Å². The lowest BCUT2D eigenvalue weighted by Crippen LogP contribution is -1.95. The van der Waals surface area contributed by atoms with E-state index in [1.54, 1.807) is 12.1 Å². The Morgan fingerprint density at radius 2 is 1.95 bits per heavy atom. The van der Waals surface area contributed by atoms with E-state index in [1.807, 2.05) is 25.1 Å². The van der Waals surface area contributed by atoms with Gasteiger partial charge in [0.05, 0.1) is 0 Å². The van der Waals surface area contributed by atoms with Gasteiger partial charge in [0, 0.05) is 23.9 Å². The molecule has 0 aliphatic rings. The smallest absolute Gasteiger partial charge is 0.227 e. The van der Waals surface area contributed by atoms with Crippen molar-refractivity contribution in [1.29, 1.82) is 0 Å². The molecule has 0 aliphatic heterocycles. The lowest BCUT2D eigenvalue weighted by atomic mass is 10.2. The summed E-state index contributed by atoms with van der Waals surface area (Å²) in [6.07, 6.45) is 0. The van der Waals surface area contributed by atoms with Gasteiger partial charge in [-0.05, 0) is 43.3 Å². The van der Waals surface area contributed by atoms with Crippen LogP contribution in [0, 0.1) is 5.82 Å². The fourth-order valence-corrected chi connectivity index (χ4v) is 1.95. The van der Waals surface area contributed by atoms with Gasteiger partial charge < -0.3 is 9.73 Å². The molecule has 3 nitrogen and oxygen atoms in total. The summed E-state index contributed by atoms with van der Waals surface area (Å²) >= 11 is 0. The van der Waals surface area contributed by atoms with E-state index in [0.717, 1.165) is 28.9 Å². The predicted molar refractivity (Wildman–Crippen MR) is 73.6 cm³/mol. The SMILES string of the molecule is CCNc1ccc2nc(-c3ccc(F)cc3)oc2c1. The second-order valence-electron chi connectivity index (χ2n) is 4.24. The van der Waals surface area contributed by atoms with Crippen molar-refractivity contribution in [1.82, 2.24) is 4.98 Å². The summed E-state index contributed by atoms with van der Waals surface area (Å²) < 4.78 is 18.6. The van der Waals surface area contributed by atoms with Crippen LogP contribution in [0.3, 0.4) is 0 Å². The molecule has 0 amide bonds. The number of aromatic nitrogens is 1. The Hall–Kier alpha value is -2.36. The van der Waals surface area contributed by atoms with Gasteiger partial charge in [0.2, 0.25) is 5.89 Å². The summed E-state index contributed by atoms with van der Waals surface area (Å²) in [7, 11) is 0. The number of nitrogens with zero attached hydrogens (tertiary/aromatic N) is 1. The molecule has 0 saturated heterocycles. The number of nitrogens with one attached hydrogen (secondary N) is 1. The summed E-state index contributed by atoms with van der Waals surface area (Å²) in [4.78, 5) is 4.40. The topological polar surface area (TPSA) is 38.1 Å². The highest BCUT2D eigenvalue weighted by Crippen LogP contribution is 2.26. The first-order chi connectivity index (χ1) is 9.26. The van der Waals surface area contributed by atoms with Crippen molar-refractivity contribution in [2.24, 2.45) is 0 Å². The van der Waals surface area contributed by atoms with E-state index in [-0.39, 0.29) is 5.82 Å². The second-order valence-corrected chi connectivity index (χ2v) is 4.24. The molecule has 0 fully saturated rings. The minimum absolute atomic E-state index is 0.269. The third-order valence-electron chi connectivity index (χ3n) is 2.86. The highest BCUT2D eigenvalue weighted by atomic mass is 19.1. The van der Waals surface area contributed by atoms with Crippen LogP contribution in [0.15, 0.2) is 46.9 Å². The number of hydrogen-bond acceptors (Lipinski definition) is 3. The van der Waals surface area contributed by atoms with Gasteiger partial charge in [-0.25, -0.2) is 9.37 Å². The minimum Gasteiger partial charge on any atom is -0.436 e. The molecule has 4 heteroatoms. The van der Waals surface area contributed by atoms with Gasteiger partial charge in [0.1, 0.15) is 11.3 Å². The third-order valence-corrected chi connectivity index (χ3v) is 2.86. The number of oxazole rings is 1. The molecule has 1 aromatic heterocycles. The predicted octanol–water partition coefficient (Wildman–Crippen LogP) is 4.07. The Morgan fingerprint density at radius 1 is 1.16 bits per heavy atom.